The molecule has 0 aliphatic carbocycles. The van der Waals surface area contributed by atoms with Crippen molar-refractivity contribution in [2.75, 3.05) is 0 Å². The van der Waals surface area contributed by atoms with Crippen molar-refractivity contribution in [1.29, 1.82) is 5.26 Å². The predicted molar refractivity (Wildman–Crippen MR) is 67.2 cm³/mol. The Morgan fingerprint density at radius 1 is 1.41 bits per heavy atom. The van der Waals surface area contributed by atoms with Gasteiger partial charge in [-0.1, -0.05) is 23.8 Å². The van der Waals surface area contributed by atoms with Gasteiger partial charge in [-0.15, -0.1) is 0 Å². The highest BCUT2D eigenvalue weighted by molar-refractivity contribution is 5.84. The zero-order valence-corrected chi connectivity index (χ0v) is 10.8. The van der Waals surface area contributed by atoms with Crippen LogP contribution < -0.4 is 5.32 Å². The molecule has 0 aromatic heterocycles. The standard InChI is InChI=1S/C14H18N2O/c1-10-5-6-11(2)12(7-10)8-16-13(17)14(3,4)9-15/h5-7H,8H2,1-4H3,(H,16,17). The Hall–Kier alpha value is -1.82. The Morgan fingerprint density at radius 2 is 2.06 bits per heavy atom. The number of aryl methyl sites for hydroxylation is 2. The number of carbonyl (C=O) groups is 1. The van der Waals surface area contributed by atoms with Gasteiger partial charge in [0, 0.05) is 6.54 Å². The van der Waals surface area contributed by atoms with Crippen LogP contribution in [0.15, 0.2) is 18.2 Å². The maximum atomic E-state index is 11.7. The quantitative estimate of drug-likeness (QED) is 0.867. The fourth-order valence-electron chi connectivity index (χ4n) is 1.44. The highest BCUT2D eigenvalue weighted by Crippen LogP contribution is 2.14. The van der Waals surface area contributed by atoms with E-state index in [-0.39, 0.29) is 5.91 Å². The minimum Gasteiger partial charge on any atom is -0.351 e. The zero-order chi connectivity index (χ0) is 13.1. The van der Waals surface area contributed by atoms with Gasteiger partial charge < -0.3 is 5.32 Å². The molecule has 0 unspecified atom stereocenters. The molecule has 1 aromatic rings. The van der Waals surface area contributed by atoms with Crippen LogP contribution in [0, 0.1) is 30.6 Å². The van der Waals surface area contributed by atoms with Gasteiger partial charge in [0.15, 0.2) is 0 Å². The Balaban J connectivity index is 2.72. The Morgan fingerprint density at radius 3 is 2.65 bits per heavy atom. The number of carbonyl (C=O) groups excluding carboxylic acids is 1. The van der Waals surface area contributed by atoms with Crippen molar-refractivity contribution >= 4 is 5.91 Å². The van der Waals surface area contributed by atoms with Crippen molar-refractivity contribution in [3.05, 3.63) is 34.9 Å². The highest BCUT2D eigenvalue weighted by Gasteiger charge is 2.26. The number of nitrogens with one attached hydrogen (secondary N) is 1. The van der Waals surface area contributed by atoms with Crippen molar-refractivity contribution in [3.8, 4) is 6.07 Å². The fraction of sp³-hybridized carbons (Fsp3) is 0.429. The van der Waals surface area contributed by atoms with Crippen LogP contribution >= 0.6 is 0 Å². The van der Waals surface area contributed by atoms with Crippen molar-refractivity contribution < 1.29 is 4.79 Å². The summed E-state index contributed by atoms with van der Waals surface area (Å²) in [5.74, 6) is -0.235. The first-order valence-corrected chi connectivity index (χ1v) is 5.62. The van der Waals surface area contributed by atoms with Gasteiger partial charge in [0.05, 0.1) is 6.07 Å². The van der Waals surface area contributed by atoms with Gasteiger partial charge in [-0.3, -0.25) is 4.79 Å². The van der Waals surface area contributed by atoms with Crippen LogP contribution in [0.5, 0.6) is 0 Å². The molecular formula is C14H18N2O. The van der Waals surface area contributed by atoms with Crippen LogP contribution in [0.3, 0.4) is 0 Å². The number of amides is 1. The van der Waals surface area contributed by atoms with Crippen molar-refractivity contribution in [1.82, 2.24) is 5.32 Å². The SMILES string of the molecule is Cc1ccc(C)c(CNC(=O)C(C)(C)C#N)c1. The third-order valence-electron chi connectivity index (χ3n) is 2.79. The number of benzene rings is 1. The third-order valence-corrected chi connectivity index (χ3v) is 2.79. The molecule has 1 amide bonds. The Kier molecular flexibility index (Phi) is 3.90. The number of hydrogen-bond donors (Lipinski definition) is 1. The van der Waals surface area contributed by atoms with Gasteiger partial charge in [0.25, 0.3) is 0 Å². The largest absolute Gasteiger partial charge is 0.351 e. The average molecular weight is 230 g/mol. The topological polar surface area (TPSA) is 52.9 Å². The van der Waals surface area contributed by atoms with E-state index in [1.54, 1.807) is 13.8 Å². The molecule has 3 nitrogen and oxygen atoms in total. The van der Waals surface area contributed by atoms with Crippen molar-refractivity contribution in [2.24, 2.45) is 5.41 Å². The number of nitrogens with zero attached hydrogens (tertiary/aromatic N) is 1. The molecule has 0 saturated heterocycles. The average Bonchev–Trinajstić information content (AvgIpc) is 2.29. The molecule has 0 heterocycles. The normalized spacial score (nSPS) is 10.8. The van der Waals surface area contributed by atoms with Crippen LogP contribution in [0.4, 0.5) is 0 Å². The van der Waals surface area contributed by atoms with E-state index in [2.05, 4.69) is 11.4 Å². The van der Waals surface area contributed by atoms with Crippen molar-refractivity contribution in [3.63, 3.8) is 0 Å². The first kappa shape index (κ1) is 13.2. The molecule has 1 aromatic carbocycles. The Labute approximate surface area is 102 Å². The lowest BCUT2D eigenvalue weighted by molar-refractivity contribution is -0.126. The summed E-state index contributed by atoms with van der Waals surface area (Å²) < 4.78 is 0. The summed E-state index contributed by atoms with van der Waals surface area (Å²) in [4.78, 5) is 11.7. The van der Waals surface area contributed by atoms with Crippen LogP contribution in [-0.4, -0.2) is 5.91 Å². The maximum Gasteiger partial charge on any atom is 0.240 e. The van der Waals surface area contributed by atoms with E-state index in [1.807, 2.05) is 32.0 Å². The van der Waals surface area contributed by atoms with E-state index in [9.17, 15) is 4.79 Å². The molecule has 1 rings (SSSR count). The highest BCUT2D eigenvalue weighted by atomic mass is 16.2. The smallest absolute Gasteiger partial charge is 0.240 e. The summed E-state index contributed by atoms with van der Waals surface area (Å²) in [5.41, 5.74) is 2.43. The fourth-order valence-corrected chi connectivity index (χ4v) is 1.44. The van der Waals surface area contributed by atoms with Crippen LogP contribution in [0.25, 0.3) is 0 Å². The second-order valence-electron chi connectivity index (χ2n) is 4.85. The molecule has 90 valence electrons. The molecule has 17 heavy (non-hydrogen) atoms. The maximum absolute atomic E-state index is 11.7. The van der Waals surface area contributed by atoms with Crippen LogP contribution in [0.2, 0.25) is 0 Å². The van der Waals surface area contributed by atoms with Gasteiger partial charge in [0.1, 0.15) is 5.41 Å². The molecule has 0 bridgehead atoms. The second-order valence-corrected chi connectivity index (χ2v) is 4.85. The second kappa shape index (κ2) is 5.01. The van der Waals surface area contributed by atoms with E-state index < -0.39 is 5.41 Å². The van der Waals surface area contributed by atoms with Crippen LogP contribution in [-0.2, 0) is 11.3 Å². The minimum atomic E-state index is -0.974. The number of nitriles is 1. The first-order valence-electron chi connectivity index (χ1n) is 5.62. The summed E-state index contributed by atoms with van der Waals surface area (Å²) in [6.07, 6.45) is 0. The van der Waals surface area contributed by atoms with Crippen molar-refractivity contribution in [2.45, 2.75) is 34.2 Å². The number of hydrogen-bond acceptors (Lipinski definition) is 2. The summed E-state index contributed by atoms with van der Waals surface area (Å²) in [7, 11) is 0. The number of rotatable bonds is 3. The van der Waals surface area contributed by atoms with E-state index in [4.69, 9.17) is 5.26 Å². The molecule has 0 atom stereocenters. The summed E-state index contributed by atoms with van der Waals surface area (Å²) >= 11 is 0. The van der Waals surface area contributed by atoms with E-state index in [0.29, 0.717) is 6.54 Å². The van der Waals surface area contributed by atoms with Crippen LogP contribution in [0.1, 0.15) is 30.5 Å². The molecule has 3 heteroatoms. The van der Waals surface area contributed by atoms with E-state index >= 15 is 0 Å². The zero-order valence-electron chi connectivity index (χ0n) is 10.8. The molecule has 0 saturated carbocycles. The Bertz CT molecular complexity index is 470. The lowest BCUT2D eigenvalue weighted by Crippen LogP contribution is -2.35. The molecule has 1 N–H and O–H groups in total. The molecule has 0 aliphatic heterocycles. The first-order chi connectivity index (χ1) is 7.86. The van der Waals surface area contributed by atoms with Gasteiger partial charge in [-0.25, -0.2) is 0 Å². The van der Waals surface area contributed by atoms with E-state index in [1.165, 1.54) is 5.56 Å². The minimum absolute atomic E-state index is 0.235. The molecule has 0 fully saturated rings. The lowest BCUT2D eigenvalue weighted by Gasteiger charge is -2.16. The lowest BCUT2D eigenvalue weighted by atomic mass is 9.94. The van der Waals surface area contributed by atoms with Gasteiger partial charge in [-0.2, -0.15) is 5.26 Å². The molecule has 0 radical (unpaired) electrons. The summed E-state index contributed by atoms with van der Waals surface area (Å²) in [5, 5.41) is 11.6. The monoisotopic (exact) mass is 230 g/mol. The van der Waals surface area contributed by atoms with E-state index in [0.717, 1.165) is 11.1 Å². The summed E-state index contributed by atoms with van der Waals surface area (Å²) in [6, 6.07) is 8.12. The van der Waals surface area contributed by atoms with Gasteiger partial charge in [0.2, 0.25) is 5.91 Å². The van der Waals surface area contributed by atoms with Gasteiger partial charge in [-0.05, 0) is 38.8 Å². The molecular weight excluding hydrogens is 212 g/mol. The molecule has 0 spiro atoms. The van der Waals surface area contributed by atoms with Gasteiger partial charge >= 0.3 is 0 Å². The third kappa shape index (κ3) is 3.32. The predicted octanol–water partition coefficient (Wildman–Crippen LogP) is 2.47. The summed E-state index contributed by atoms with van der Waals surface area (Å²) in [6.45, 7) is 7.73. The molecule has 0 aliphatic rings.